The van der Waals surface area contributed by atoms with Crippen LogP contribution in [-0.4, -0.2) is 67.2 Å². The van der Waals surface area contributed by atoms with Gasteiger partial charge in [-0.1, -0.05) is 19.1 Å². The Labute approximate surface area is 186 Å². The summed E-state index contributed by atoms with van der Waals surface area (Å²) < 4.78 is 5.50. The maximum Gasteiger partial charge on any atom is 0.320 e. The van der Waals surface area contributed by atoms with Crippen molar-refractivity contribution in [2.45, 2.75) is 64.6 Å². The van der Waals surface area contributed by atoms with Crippen LogP contribution in [0.4, 0.5) is 10.5 Å². The van der Waals surface area contributed by atoms with Crippen LogP contribution in [0.2, 0.25) is 0 Å². The fraction of sp³-hybridized carbons (Fsp3) is 0.667. The van der Waals surface area contributed by atoms with Crippen LogP contribution in [0.5, 0.6) is 0 Å². The summed E-state index contributed by atoms with van der Waals surface area (Å²) in [5, 5.41) is 0. The molecule has 0 radical (unpaired) electrons. The smallest absolute Gasteiger partial charge is 0.320 e. The number of urea groups is 1. The SMILES string of the molecule is CCC(C)OC(=O)C1CCC(N(C)C(=O)N2CCN(c3ccc(CN)cc3)CC2)CC1. The number of rotatable bonds is 6. The molecule has 1 saturated carbocycles. The van der Waals surface area contributed by atoms with Crippen LogP contribution >= 0.6 is 0 Å². The molecule has 1 aliphatic heterocycles. The van der Waals surface area contributed by atoms with E-state index >= 15 is 0 Å². The molecule has 3 rings (SSSR count). The van der Waals surface area contributed by atoms with E-state index in [0.717, 1.165) is 63.8 Å². The lowest BCUT2D eigenvalue weighted by Gasteiger charge is -2.41. The van der Waals surface area contributed by atoms with Crippen molar-refractivity contribution in [1.29, 1.82) is 0 Å². The van der Waals surface area contributed by atoms with Gasteiger partial charge < -0.3 is 25.2 Å². The summed E-state index contributed by atoms with van der Waals surface area (Å²) in [5.74, 6) is -0.0969. The first-order valence-electron chi connectivity index (χ1n) is 11.7. The quantitative estimate of drug-likeness (QED) is 0.701. The van der Waals surface area contributed by atoms with Gasteiger partial charge in [0.05, 0.1) is 12.0 Å². The van der Waals surface area contributed by atoms with Crippen LogP contribution in [0.1, 0.15) is 51.5 Å². The van der Waals surface area contributed by atoms with Crippen molar-refractivity contribution in [3.63, 3.8) is 0 Å². The number of carbonyl (C=O) groups excluding carboxylic acids is 2. The summed E-state index contributed by atoms with van der Waals surface area (Å²) in [6, 6.07) is 8.64. The minimum absolute atomic E-state index is 0.0215. The number of hydrogen-bond acceptors (Lipinski definition) is 5. The second-order valence-electron chi connectivity index (χ2n) is 8.90. The molecule has 7 heteroatoms. The molecular weight excluding hydrogens is 392 g/mol. The summed E-state index contributed by atoms with van der Waals surface area (Å²) in [6.45, 7) is 7.61. The van der Waals surface area contributed by atoms with Gasteiger partial charge in [0.15, 0.2) is 0 Å². The molecule has 0 spiro atoms. The van der Waals surface area contributed by atoms with E-state index in [0.29, 0.717) is 6.54 Å². The zero-order chi connectivity index (χ0) is 22.4. The number of benzene rings is 1. The van der Waals surface area contributed by atoms with E-state index in [1.807, 2.05) is 30.7 Å². The molecule has 2 aliphatic rings. The molecule has 172 valence electrons. The molecule has 1 unspecified atom stereocenters. The first-order valence-corrected chi connectivity index (χ1v) is 11.7. The zero-order valence-corrected chi connectivity index (χ0v) is 19.3. The third-order valence-corrected chi connectivity index (χ3v) is 6.86. The van der Waals surface area contributed by atoms with Crippen LogP contribution in [0, 0.1) is 5.92 Å². The van der Waals surface area contributed by atoms with Gasteiger partial charge in [0, 0.05) is 51.5 Å². The third kappa shape index (κ3) is 5.91. The molecular formula is C24H38N4O3. The lowest BCUT2D eigenvalue weighted by Crippen LogP contribution is -2.54. The fourth-order valence-corrected chi connectivity index (χ4v) is 4.45. The van der Waals surface area contributed by atoms with Crippen molar-refractivity contribution < 1.29 is 14.3 Å². The van der Waals surface area contributed by atoms with E-state index in [9.17, 15) is 9.59 Å². The van der Waals surface area contributed by atoms with E-state index in [1.54, 1.807) is 0 Å². The average molecular weight is 431 g/mol. The molecule has 1 atom stereocenters. The Balaban J connectivity index is 1.45. The maximum absolute atomic E-state index is 13.1. The number of nitrogens with two attached hydrogens (primary N) is 1. The van der Waals surface area contributed by atoms with Gasteiger partial charge >= 0.3 is 12.0 Å². The Morgan fingerprint density at radius 1 is 1.10 bits per heavy atom. The molecule has 1 heterocycles. The van der Waals surface area contributed by atoms with Crippen molar-refractivity contribution in [3.8, 4) is 0 Å². The molecule has 31 heavy (non-hydrogen) atoms. The standard InChI is InChI=1S/C24H38N4O3/c1-4-18(2)31-23(29)20-7-11-21(12-8-20)26(3)24(30)28-15-13-27(14-16-28)22-9-5-19(17-25)6-10-22/h5-6,9-10,18,20-21H,4,7-8,11-17,25H2,1-3H3. The van der Waals surface area contributed by atoms with E-state index in [1.165, 1.54) is 5.69 Å². The van der Waals surface area contributed by atoms with Gasteiger partial charge in [-0.3, -0.25) is 4.79 Å². The Morgan fingerprint density at radius 3 is 2.26 bits per heavy atom. The number of anilines is 1. The van der Waals surface area contributed by atoms with Crippen LogP contribution in [-0.2, 0) is 16.1 Å². The van der Waals surface area contributed by atoms with Crippen molar-refractivity contribution in [3.05, 3.63) is 29.8 Å². The van der Waals surface area contributed by atoms with Gasteiger partial charge in [-0.05, 0) is 56.7 Å². The first-order chi connectivity index (χ1) is 14.9. The summed E-state index contributed by atoms with van der Waals surface area (Å²) in [6.07, 6.45) is 4.12. The number of carbonyl (C=O) groups is 2. The van der Waals surface area contributed by atoms with Gasteiger partial charge in [-0.25, -0.2) is 4.79 Å². The predicted molar refractivity (Wildman–Crippen MR) is 123 cm³/mol. The van der Waals surface area contributed by atoms with Gasteiger partial charge in [0.1, 0.15) is 0 Å². The number of hydrogen-bond donors (Lipinski definition) is 1. The molecule has 2 N–H and O–H groups in total. The molecule has 1 aliphatic carbocycles. The number of amides is 2. The number of nitrogens with zero attached hydrogens (tertiary/aromatic N) is 3. The van der Waals surface area contributed by atoms with Crippen LogP contribution < -0.4 is 10.6 Å². The second kappa shape index (κ2) is 10.8. The average Bonchev–Trinajstić information content (AvgIpc) is 2.83. The minimum atomic E-state index is -0.0719. The monoisotopic (exact) mass is 430 g/mol. The molecule has 0 aromatic heterocycles. The van der Waals surface area contributed by atoms with Crippen molar-refractivity contribution in [1.82, 2.24) is 9.80 Å². The number of piperazine rings is 1. The summed E-state index contributed by atoms with van der Waals surface area (Å²) in [4.78, 5) is 31.5. The maximum atomic E-state index is 13.1. The minimum Gasteiger partial charge on any atom is -0.462 e. The highest BCUT2D eigenvalue weighted by Gasteiger charge is 2.33. The highest BCUT2D eigenvalue weighted by atomic mass is 16.5. The van der Waals surface area contributed by atoms with E-state index in [-0.39, 0.29) is 30.1 Å². The third-order valence-electron chi connectivity index (χ3n) is 6.86. The summed E-state index contributed by atoms with van der Waals surface area (Å²) >= 11 is 0. The van der Waals surface area contributed by atoms with E-state index < -0.39 is 0 Å². The predicted octanol–water partition coefficient (Wildman–Crippen LogP) is 3.22. The topological polar surface area (TPSA) is 79.1 Å². The Hall–Kier alpha value is -2.28. The van der Waals surface area contributed by atoms with Gasteiger partial charge in [-0.2, -0.15) is 0 Å². The van der Waals surface area contributed by atoms with Crippen LogP contribution in [0.15, 0.2) is 24.3 Å². The summed E-state index contributed by atoms with van der Waals surface area (Å²) in [7, 11) is 1.91. The molecule has 0 bridgehead atoms. The van der Waals surface area contributed by atoms with Crippen molar-refractivity contribution in [2.75, 3.05) is 38.1 Å². The fourth-order valence-electron chi connectivity index (χ4n) is 4.45. The molecule has 1 aromatic carbocycles. The number of ether oxygens (including phenoxy) is 1. The van der Waals surface area contributed by atoms with E-state index in [4.69, 9.17) is 10.5 Å². The van der Waals surface area contributed by atoms with Crippen LogP contribution in [0.3, 0.4) is 0 Å². The molecule has 1 aromatic rings. The van der Waals surface area contributed by atoms with Gasteiger partial charge in [-0.15, -0.1) is 0 Å². The first kappa shape index (κ1) is 23.4. The second-order valence-corrected chi connectivity index (χ2v) is 8.90. The summed E-state index contributed by atoms with van der Waals surface area (Å²) in [5.41, 5.74) is 7.99. The molecule has 7 nitrogen and oxygen atoms in total. The largest absolute Gasteiger partial charge is 0.462 e. The highest BCUT2D eigenvalue weighted by molar-refractivity contribution is 5.75. The normalized spacial score (nSPS) is 22.7. The van der Waals surface area contributed by atoms with Gasteiger partial charge in [0.25, 0.3) is 0 Å². The van der Waals surface area contributed by atoms with Gasteiger partial charge in [0.2, 0.25) is 0 Å². The lowest BCUT2D eigenvalue weighted by atomic mass is 9.85. The Morgan fingerprint density at radius 2 is 1.71 bits per heavy atom. The van der Waals surface area contributed by atoms with Crippen molar-refractivity contribution >= 4 is 17.7 Å². The Kier molecular flexibility index (Phi) is 8.18. The zero-order valence-electron chi connectivity index (χ0n) is 19.3. The molecule has 2 fully saturated rings. The van der Waals surface area contributed by atoms with Crippen molar-refractivity contribution in [2.24, 2.45) is 11.7 Å². The molecule has 1 saturated heterocycles. The van der Waals surface area contributed by atoms with Crippen LogP contribution in [0.25, 0.3) is 0 Å². The van der Waals surface area contributed by atoms with E-state index in [2.05, 4.69) is 29.2 Å². The Bertz CT molecular complexity index is 723. The molecule has 2 amide bonds. The highest BCUT2D eigenvalue weighted by Crippen LogP contribution is 2.29. The lowest BCUT2D eigenvalue weighted by molar-refractivity contribution is -0.154. The number of esters is 1.